The number of sulfonamides is 1. The summed E-state index contributed by atoms with van der Waals surface area (Å²) in [5.41, 5.74) is 4.10. The summed E-state index contributed by atoms with van der Waals surface area (Å²) in [5, 5.41) is 4.62. The van der Waals surface area contributed by atoms with Crippen molar-refractivity contribution >= 4 is 15.8 Å². The van der Waals surface area contributed by atoms with Crippen LogP contribution in [-0.4, -0.2) is 43.9 Å². The third-order valence-electron chi connectivity index (χ3n) is 5.25. The molecule has 162 valence electrons. The Labute approximate surface area is 182 Å². The van der Waals surface area contributed by atoms with Crippen molar-refractivity contribution in [3.63, 3.8) is 0 Å². The Kier molecular flexibility index (Phi) is 5.93. The highest BCUT2D eigenvalue weighted by Gasteiger charge is 2.32. The number of ketones is 1. The molecule has 7 nitrogen and oxygen atoms in total. The Morgan fingerprint density at radius 3 is 2.39 bits per heavy atom. The normalized spacial score (nSPS) is 13.9. The molecule has 0 spiro atoms. The monoisotopic (exact) mass is 439 g/mol. The van der Waals surface area contributed by atoms with Gasteiger partial charge in [0, 0.05) is 18.0 Å². The summed E-state index contributed by atoms with van der Waals surface area (Å²) in [4.78, 5) is 12.6. The van der Waals surface area contributed by atoms with E-state index in [1.165, 1.54) is 0 Å². The molecule has 0 atom stereocenters. The van der Waals surface area contributed by atoms with E-state index in [4.69, 9.17) is 4.74 Å². The number of nitrogens with zero attached hydrogens (tertiary/aromatic N) is 2. The van der Waals surface area contributed by atoms with Gasteiger partial charge < -0.3 is 4.74 Å². The molecule has 0 unspecified atom stereocenters. The first-order chi connectivity index (χ1) is 14.8. The van der Waals surface area contributed by atoms with Gasteiger partial charge >= 0.3 is 0 Å². The van der Waals surface area contributed by atoms with Crippen molar-refractivity contribution < 1.29 is 17.9 Å². The van der Waals surface area contributed by atoms with Gasteiger partial charge in [-0.3, -0.25) is 4.79 Å². The molecule has 0 bridgehead atoms. The Morgan fingerprint density at radius 2 is 1.81 bits per heavy atom. The van der Waals surface area contributed by atoms with Gasteiger partial charge in [0.25, 0.3) is 0 Å². The van der Waals surface area contributed by atoms with Crippen LogP contribution in [0.2, 0.25) is 0 Å². The number of rotatable bonds is 9. The smallest absolute Gasteiger partial charge is 0.208 e. The second kappa shape index (κ2) is 8.64. The molecule has 1 heterocycles. The second-order valence-corrected chi connectivity index (χ2v) is 9.61. The number of ether oxygens (including phenoxy) is 1. The molecule has 2 aromatic carbocycles. The Hall–Kier alpha value is -2.97. The molecule has 31 heavy (non-hydrogen) atoms. The molecule has 1 aliphatic carbocycles. The number of carbonyl (C=O) groups excluding carboxylic acids is 1. The lowest BCUT2D eigenvalue weighted by Crippen LogP contribution is -2.24. The third-order valence-corrected chi connectivity index (χ3v) is 5.98. The van der Waals surface area contributed by atoms with Gasteiger partial charge in [-0.2, -0.15) is 5.10 Å². The van der Waals surface area contributed by atoms with Crippen LogP contribution in [0.3, 0.4) is 0 Å². The molecule has 1 aromatic heterocycles. The van der Waals surface area contributed by atoms with Crippen LogP contribution in [0.5, 0.6) is 5.75 Å². The fourth-order valence-electron chi connectivity index (χ4n) is 3.40. The largest absolute Gasteiger partial charge is 0.497 e. The summed E-state index contributed by atoms with van der Waals surface area (Å²) in [7, 11) is -1.58. The van der Waals surface area contributed by atoms with Crippen molar-refractivity contribution in [2.45, 2.75) is 19.3 Å². The van der Waals surface area contributed by atoms with E-state index in [9.17, 15) is 13.2 Å². The summed E-state index contributed by atoms with van der Waals surface area (Å²) in [6.07, 6.45) is 3.60. The van der Waals surface area contributed by atoms with E-state index >= 15 is 0 Å². The first kappa shape index (κ1) is 21.3. The number of nitrogens with one attached hydrogen (secondary N) is 1. The second-order valence-electron chi connectivity index (χ2n) is 7.78. The number of hydrogen-bond acceptors (Lipinski definition) is 5. The number of hydrogen-bond donors (Lipinski definition) is 1. The zero-order valence-corrected chi connectivity index (χ0v) is 18.4. The quantitative estimate of drug-likeness (QED) is 0.517. The lowest BCUT2D eigenvalue weighted by Gasteiger charge is -2.09. The predicted molar refractivity (Wildman–Crippen MR) is 119 cm³/mol. The maximum absolute atomic E-state index is 12.6. The molecular formula is C23H25N3O4S. The average molecular weight is 440 g/mol. The number of Topliss-reactive ketones (excluding diaryl/α,β-unsaturated/α-hetero) is 1. The molecule has 1 saturated carbocycles. The van der Waals surface area contributed by atoms with Gasteiger partial charge in [-0.05, 0) is 55.2 Å². The van der Waals surface area contributed by atoms with E-state index in [1.54, 1.807) is 11.8 Å². The molecule has 8 heteroatoms. The zero-order chi connectivity index (χ0) is 22.0. The van der Waals surface area contributed by atoms with Gasteiger partial charge in [0.15, 0.2) is 5.78 Å². The van der Waals surface area contributed by atoms with Crippen LogP contribution in [0.15, 0.2) is 54.6 Å². The van der Waals surface area contributed by atoms with Crippen LogP contribution in [0.1, 0.15) is 28.9 Å². The molecule has 0 saturated heterocycles. The molecule has 0 radical (unpaired) electrons. The summed E-state index contributed by atoms with van der Waals surface area (Å²) in [5.74, 6) is 0.938. The highest BCUT2D eigenvalue weighted by atomic mass is 32.2. The molecule has 1 aliphatic rings. The van der Waals surface area contributed by atoms with Gasteiger partial charge in [-0.15, -0.1) is 0 Å². The lowest BCUT2D eigenvalue weighted by atomic mass is 10.1. The van der Waals surface area contributed by atoms with Gasteiger partial charge in [-0.1, -0.05) is 24.3 Å². The van der Waals surface area contributed by atoms with Gasteiger partial charge in [0.05, 0.1) is 24.7 Å². The molecule has 3 aromatic rings. The van der Waals surface area contributed by atoms with Crippen LogP contribution in [0.25, 0.3) is 16.9 Å². The minimum atomic E-state index is -3.20. The fourth-order valence-corrected chi connectivity index (χ4v) is 3.88. The van der Waals surface area contributed by atoms with Gasteiger partial charge in [0.2, 0.25) is 10.0 Å². The van der Waals surface area contributed by atoms with Crippen molar-refractivity contribution in [2.75, 3.05) is 19.9 Å². The van der Waals surface area contributed by atoms with Crippen molar-refractivity contribution in [3.8, 4) is 22.7 Å². The average Bonchev–Trinajstić information content (AvgIpc) is 3.51. The van der Waals surface area contributed by atoms with Crippen molar-refractivity contribution in [1.82, 2.24) is 14.5 Å². The van der Waals surface area contributed by atoms with E-state index in [1.807, 2.05) is 54.6 Å². The van der Waals surface area contributed by atoms with Gasteiger partial charge in [0.1, 0.15) is 11.4 Å². The van der Waals surface area contributed by atoms with Crippen molar-refractivity contribution in [2.24, 2.45) is 5.92 Å². The fraction of sp³-hybridized carbons (Fsp3) is 0.304. The highest BCUT2D eigenvalue weighted by Crippen LogP contribution is 2.34. The number of carbonyl (C=O) groups is 1. The SMILES string of the molecule is COc1ccc(-n2nc(C(=O)C3CC3)cc2-c2ccc(CCNS(C)(=O)=O)cc2)cc1. The highest BCUT2D eigenvalue weighted by molar-refractivity contribution is 7.88. The van der Waals surface area contributed by atoms with Crippen LogP contribution in [-0.2, 0) is 16.4 Å². The van der Waals surface area contributed by atoms with E-state index in [0.717, 1.165) is 47.4 Å². The summed E-state index contributed by atoms with van der Waals surface area (Å²) in [6, 6.07) is 17.3. The Bertz CT molecular complexity index is 1180. The number of methoxy groups -OCH3 is 1. The summed E-state index contributed by atoms with van der Waals surface area (Å²) >= 11 is 0. The van der Waals surface area contributed by atoms with E-state index < -0.39 is 10.0 Å². The van der Waals surface area contributed by atoms with Crippen molar-refractivity contribution in [3.05, 3.63) is 65.9 Å². The minimum Gasteiger partial charge on any atom is -0.497 e. The number of benzene rings is 2. The lowest BCUT2D eigenvalue weighted by molar-refractivity contribution is 0.0962. The zero-order valence-electron chi connectivity index (χ0n) is 17.5. The summed E-state index contributed by atoms with van der Waals surface area (Å²) < 4.78 is 32.0. The molecule has 1 fully saturated rings. The standard InChI is InChI=1S/C23H25N3O4S/c1-30-20-11-9-19(10-12-20)26-22(15-21(25-26)23(27)18-7-8-18)17-5-3-16(4-6-17)13-14-24-31(2,28)29/h3-6,9-12,15,18,24H,7-8,13-14H2,1-2H3. The van der Waals surface area contributed by atoms with Gasteiger partial charge in [-0.25, -0.2) is 17.8 Å². The van der Waals surface area contributed by atoms with Crippen LogP contribution in [0.4, 0.5) is 0 Å². The topological polar surface area (TPSA) is 90.3 Å². The first-order valence-electron chi connectivity index (χ1n) is 10.2. The molecule has 1 N–H and O–H groups in total. The van der Waals surface area contributed by atoms with Crippen LogP contribution >= 0.6 is 0 Å². The predicted octanol–water partition coefficient (Wildman–Crippen LogP) is 3.23. The molecule has 0 aliphatic heterocycles. The first-order valence-corrected chi connectivity index (χ1v) is 12.1. The molecular weight excluding hydrogens is 414 g/mol. The van der Waals surface area contributed by atoms with Crippen molar-refractivity contribution in [1.29, 1.82) is 0 Å². The maximum atomic E-state index is 12.6. The Balaban J connectivity index is 1.63. The van der Waals surface area contributed by atoms with E-state index in [2.05, 4.69) is 9.82 Å². The third kappa shape index (κ3) is 5.21. The number of aromatic nitrogens is 2. The molecule has 4 rings (SSSR count). The van der Waals surface area contributed by atoms with Crippen LogP contribution in [0, 0.1) is 5.92 Å². The summed E-state index contributed by atoms with van der Waals surface area (Å²) in [6.45, 7) is 0.349. The van der Waals surface area contributed by atoms with E-state index in [0.29, 0.717) is 18.7 Å². The van der Waals surface area contributed by atoms with E-state index in [-0.39, 0.29) is 11.7 Å². The maximum Gasteiger partial charge on any atom is 0.208 e. The Morgan fingerprint density at radius 1 is 1.13 bits per heavy atom. The molecule has 0 amide bonds. The van der Waals surface area contributed by atoms with Crippen LogP contribution < -0.4 is 9.46 Å². The minimum absolute atomic E-state index is 0.0942.